The predicted octanol–water partition coefficient (Wildman–Crippen LogP) is 3.72. The van der Waals surface area contributed by atoms with Gasteiger partial charge in [-0.1, -0.05) is 38.1 Å². The molecular weight excluding hydrogens is 244 g/mol. The highest BCUT2D eigenvalue weighted by atomic mass is 15.3. The number of hydrogen-bond acceptors (Lipinski definition) is 2. The lowest BCUT2D eigenvalue weighted by molar-refractivity contribution is 0.0564. The van der Waals surface area contributed by atoms with Gasteiger partial charge < -0.3 is 0 Å². The Balaban J connectivity index is 1.96. The Morgan fingerprint density at radius 2 is 1.90 bits per heavy atom. The molecule has 1 unspecified atom stereocenters. The largest absolute Gasteiger partial charge is 0.296 e. The molecule has 1 fully saturated rings. The fourth-order valence-corrected chi connectivity index (χ4v) is 3.27. The summed E-state index contributed by atoms with van der Waals surface area (Å²) >= 11 is 0. The number of hydrogen-bond donors (Lipinski definition) is 0. The fraction of sp³-hybridized carbons (Fsp3) is 0.667. The molecule has 20 heavy (non-hydrogen) atoms. The van der Waals surface area contributed by atoms with Gasteiger partial charge in [0.05, 0.1) is 0 Å². The first-order valence-electron chi connectivity index (χ1n) is 8.04. The van der Waals surface area contributed by atoms with Crippen molar-refractivity contribution in [3.8, 4) is 0 Å². The van der Waals surface area contributed by atoms with Crippen molar-refractivity contribution in [2.75, 3.05) is 19.6 Å². The molecule has 0 amide bonds. The van der Waals surface area contributed by atoms with E-state index in [1.807, 2.05) is 0 Å². The van der Waals surface area contributed by atoms with E-state index in [0.717, 1.165) is 6.54 Å². The Bertz CT molecular complexity index is 425. The zero-order valence-electron chi connectivity index (χ0n) is 13.8. The van der Waals surface area contributed by atoms with E-state index in [4.69, 9.17) is 0 Å². The average Bonchev–Trinajstić information content (AvgIpc) is 2.38. The van der Waals surface area contributed by atoms with Gasteiger partial charge in [-0.05, 0) is 37.8 Å². The van der Waals surface area contributed by atoms with Crippen LogP contribution in [0.15, 0.2) is 24.3 Å². The third-order valence-corrected chi connectivity index (χ3v) is 4.45. The van der Waals surface area contributed by atoms with Gasteiger partial charge in [0.25, 0.3) is 0 Å². The topological polar surface area (TPSA) is 6.48 Å². The second-order valence-corrected chi connectivity index (χ2v) is 6.82. The standard InChI is InChI=1S/C18H30N2/c1-14(2)18-8-6-7-17(11-18)13-19-9-10-20(15(3)4)16(5)12-19/h6-8,11,14-16H,9-10,12-13H2,1-5H3. The summed E-state index contributed by atoms with van der Waals surface area (Å²) < 4.78 is 0. The number of benzene rings is 1. The lowest BCUT2D eigenvalue weighted by Gasteiger charge is -2.42. The molecule has 112 valence electrons. The van der Waals surface area contributed by atoms with Crippen LogP contribution in [0, 0.1) is 0 Å². The second kappa shape index (κ2) is 6.73. The summed E-state index contributed by atoms with van der Waals surface area (Å²) in [4.78, 5) is 5.21. The molecule has 1 atom stereocenters. The van der Waals surface area contributed by atoms with Crippen LogP contribution in [-0.2, 0) is 6.54 Å². The molecule has 0 saturated carbocycles. The third kappa shape index (κ3) is 3.83. The number of rotatable bonds is 4. The molecule has 0 radical (unpaired) electrons. The molecule has 1 aromatic carbocycles. The maximum atomic E-state index is 2.61. The second-order valence-electron chi connectivity index (χ2n) is 6.82. The Kier molecular flexibility index (Phi) is 5.22. The minimum atomic E-state index is 0.617. The van der Waals surface area contributed by atoms with Gasteiger partial charge in [-0.3, -0.25) is 9.80 Å². The van der Waals surface area contributed by atoms with Crippen molar-refractivity contribution >= 4 is 0 Å². The summed E-state index contributed by atoms with van der Waals surface area (Å²) in [6.07, 6.45) is 0. The van der Waals surface area contributed by atoms with Crippen molar-refractivity contribution in [3.05, 3.63) is 35.4 Å². The van der Waals surface area contributed by atoms with Crippen LogP contribution in [0.2, 0.25) is 0 Å². The summed E-state index contributed by atoms with van der Waals surface area (Å²) in [5.74, 6) is 0.617. The molecule has 1 aromatic rings. The van der Waals surface area contributed by atoms with E-state index < -0.39 is 0 Å². The van der Waals surface area contributed by atoms with Gasteiger partial charge in [0.2, 0.25) is 0 Å². The Morgan fingerprint density at radius 1 is 1.15 bits per heavy atom. The first-order chi connectivity index (χ1) is 9.47. The zero-order chi connectivity index (χ0) is 14.7. The minimum absolute atomic E-state index is 0.617. The van der Waals surface area contributed by atoms with E-state index in [1.54, 1.807) is 0 Å². The molecule has 0 bridgehead atoms. The van der Waals surface area contributed by atoms with Gasteiger partial charge >= 0.3 is 0 Å². The summed E-state index contributed by atoms with van der Waals surface area (Å²) in [6.45, 7) is 16.2. The Hall–Kier alpha value is -0.860. The summed E-state index contributed by atoms with van der Waals surface area (Å²) in [6, 6.07) is 10.4. The third-order valence-electron chi connectivity index (χ3n) is 4.45. The van der Waals surface area contributed by atoms with E-state index in [9.17, 15) is 0 Å². The summed E-state index contributed by atoms with van der Waals surface area (Å²) in [7, 11) is 0. The Labute approximate surface area is 124 Å². The minimum Gasteiger partial charge on any atom is -0.296 e. The molecule has 0 N–H and O–H groups in total. The molecule has 0 aromatic heterocycles. The van der Waals surface area contributed by atoms with Crippen LogP contribution in [-0.4, -0.2) is 41.5 Å². The van der Waals surface area contributed by atoms with Gasteiger partial charge in [-0.25, -0.2) is 0 Å². The molecule has 0 spiro atoms. The first-order valence-corrected chi connectivity index (χ1v) is 8.04. The van der Waals surface area contributed by atoms with Crippen LogP contribution < -0.4 is 0 Å². The smallest absolute Gasteiger partial charge is 0.0235 e. The first kappa shape index (κ1) is 15.5. The van der Waals surface area contributed by atoms with Crippen molar-refractivity contribution < 1.29 is 0 Å². The maximum Gasteiger partial charge on any atom is 0.0235 e. The molecule has 2 heteroatoms. The number of nitrogens with zero attached hydrogens (tertiary/aromatic N) is 2. The van der Waals surface area contributed by atoms with Crippen LogP contribution in [0.3, 0.4) is 0 Å². The molecule has 2 nitrogen and oxygen atoms in total. The molecule has 1 heterocycles. The van der Waals surface area contributed by atoms with Crippen LogP contribution >= 0.6 is 0 Å². The fourth-order valence-electron chi connectivity index (χ4n) is 3.27. The van der Waals surface area contributed by atoms with Crippen molar-refractivity contribution in [1.29, 1.82) is 0 Å². The van der Waals surface area contributed by atoms with Crippen molar-refractivity contribution in [2.24, 2.45) is 0 Å². The highest BCUT2D eigenvalue weighted by molar-refractivity contribution is 5.25. The molecule has 1 saturated heterocycles. The van der Waals surface area contributed by atoms with E-state index >= 15 is 0 Å². The van der Waals surface area contributed by atoms with Crippen LogP contribution in [0.1, 0.15) is 51.7 Å². The van der Waals surface area contributed by atoms with Gasteiger partial charge in [0, 0.05) is 38.3 Å². The lowest BCUT2D eigenvalue weighted by Crippen LogP contribution is -2.53. The van der Waals surface area contributed by atoms with Crippen LogP contribution in [0.4, 0.5) is 0 Å². The summed E-state index contributed by atoms with van der Waals surface area (Å²) in [5, 5.41) is 0. The Morgan fingerprint density at radius 3 is 2.50 bits per heavy atom. The van der Waals surface area contributed by atoms with Crippen LogP contribution in [0.25, 0.3) is 0 Å². The van der Waals surface area contributed by atoms with Gasteiger partial charge in [-0.15, -0.1) is 0 Å². The van der Waals surface area contributed by atoms with Crippen LogP contribution in [0.5, 0.6) is 0 Å². The monoisotopic (exact) mass is 274 g/mol. The average molecular weight is 274 g/mol. The van der Waals surface area contributed by atoms with E-state index in [-0.39, 0.29) is 0 Å². The molecular formula is C18H30N2. The van der Waals surface area contributed by atoms with Crippen molar-refractivity contribution in [2.45, 2.75) is 59.2 Å². The van der Waals surface area contributed by atoms with Gasteiger partial charge in [0.15, 0.2) is 0 Å². The zero-order valence-corrected chi connectivity index (χ0v) is 13.8. The molecule has 1 aliphatic rings. The van der Waals surface area contributed by atoms with Gasteiger partial charge in [0.1, 0.15) is 0 Å². The maximum absolute atomic E-state index is 2.61. The van der Waals surface area contributed by atoms with E-state index in [1.165, 1.54) is 30.8 Å². The quantitative estimate of drug-likeness (QED) is 0.825. The highest BCUT2D eigenvalue weighted by Gasteiger charge is 2.25. The normalized spacial score (nSPS) is 21.9. The van der Waals surface area contributed by atoms with E-state index in [0.29, 0.717) is 18.0 Å². The summed E-state index contributed by atoms with van der Waals surface area (Å²) in [5.41, 5.74) is 2.91. The van der Waals surface area contributed by atoms with E-state index in [2.05, 4.69) is 68.7 Å². The predicted molar refractivity (Wildman–Crippen MR) is 87.1 cm³/mol. The molecule has 1 aliphatic heterocycles. The molecule has 0 aliphatic carbocycles. The van der Waals surface area contributed by atoms with Gasteiger partial charge in [-0.2, -0.15) is 0 Å². The van der Waals surface area contributed by atoms with Crippen molar-refractivity contribution in [3.63, 3.8) is 0 Å². The molecule has 2 rings (SSSR count). The highest BCUT2D eigenvalue weighted by Crippen LogP contribution is 2.19. The number of piperazine rings is 1. The van der Waals surface area contributed by atoms with Crippen molar-refractivity contribution in [1.82, 2.24) is 9.80 Å². The SMILES string of the molecule is CC(C)c1cccc(CN2CCN(C(C)C)C(C)C2)c1. The lowest BCUT2D eigenvalue weighted by atomic mass is 10.0.